The van der Waals surface area contributed by atoms with E-state index in [1.165, 1.54) is 77.9 Å². The summed E-state index contributed by atoms with van der Waals surface area (Å²) in [6.45, 7) is 44.9. The fourth-order valence-electron chi connectivity index (χ4n) is 8.16. The van der Waals surface area contributed by atoms with E-state index in [4.69, 9.17) is 0 Å². The molecule has 0 spiro atoms. The van der Waals surface area contributed by atoms with Crippen LogP contribution in [0.2, 0.25) is 0 Å². The molecule has 2 unspecified atom stereocenters. The van der Waals surface area contributed by atoms with Gasteiger partial charge in [-0.1, -0.05) is 209 Å². The van der Waals surface area contributed by atoms with E-state index in [1.54, 1.807) is 0 Å². The standard InChI is InChI=1S/2C21H25.2C10H15.2ClH.2Zr/c2*1-20(2,3)16-7-9-18-14(12-16)11-15-13-17(21(4,5)6)8-10-19(15)18;2*1-8-5-6-9(7-8)10(2,3)4;;;;/h2*7-10,12H,11H2,1-6H3;2*6-8H,1-4H3;2*1H;;/q4*-1;;;2*+2/p-2. The molecule has 4 heteroatoms. The van der Waals surface area contributed by atoms with Crippen LogP contribution in [0.4, 0.5) is 0 Å². The normalized spacial score (nSPS) is 16.5. The van der Waals surface area contributed by atoms with Gasteiger partial charge in [0.05, 0.1) is 0 Å². The molecule has 66 heavy (non-hydrogen) atoms. The fourth-order valence-corrected chi connectivity index (χ4v) is 8.16. The van der Waals surface area contributed by atoms with Gasteiger partial charge in [0, 0.05) is 0 Å². The molecule has 0 amide bonds. The zero-order valence-corrected chi connectivity index (χ0v) is 50.8. The Morgan fingerprint density at radius 2 is 0.697 bits per heavy atom. The maximum atomic E-state index is 3.67. The van der Waals surface area contributed by atoms with E-state index in [1.807, 2.05) is 0 Å². The number of hydrogen-bond acceptors (Lipinski definition) is 0. The van der Waals surface area contributed by atoms with Gasteiger partial charge < -0.3 is 24.8 Å². The van der Waals surface area contributed by atoms with Crippen LogP contribution in [0.3, 0.4) is 0 Å². The molecule has 0 fully saturated rings. The summed E-state index contributed by atoms with van der Waals surface area (Å²) in [5, 5.41) is 0. The van der Waals surface area contributed by atoms with Crippen LogP contribution in [-0.2, 0) is 86.9 Å². The summed E-state index contributed by atoms with van der Waals surface area (Å²) in [5.74, 6) is 1.04. The first kappa shape index (κ1) is 62.2. The minimum atomic E-state index is 0. The Morgan fingerprint density at radius 1 is 0.394 bits per heavy atom. The van der Waals surface area contributed by atoms with E-state index in [0.717, 1.165) is 12.8 Å². The third-order valence-corrected chi connectivity index (χ3v) is 12.5. The Balaban J connectivity index is 0.000000455. The number of fused-ring (bicyclic) bond motifs is 6. The molecular formula is C62H80Cl2Zr2-2. The summed E-state index contributed by atoms with van der Waals surface area (Å²) in [4.78, 5) is 0. The van der Waals surface area contributed by atoms with E-state index in [9.17, 15) is 0 Å². The van der Waals surface area contributed by atoms with Gasteiger partial charge in [0.25, 0.3) is 0 Å². The molecule has 0 N–H and O–H groups in total. The van der Waals surface area contributed by atoms with Gasteiger partial charge in [0.2, 0.25) is 0 Å². The van der Waals surface area contributed by atoms with Gasteiger partial charge >= 0.3 is 52.4 Å². The van der Waals surface area contributed by atoms with Crippen LogP contribution in [0, 0.1) is 47.0 Å². The Morgan fingerprint density at radius 3 is 0.924 bits per heavy atom. The fraction of sp³-hybridized carbons (Fsp3) is 0.484. The topological polar surface area (TPSA) is 0 Å². The van der Waals surface area contributed by atoms with Crippen LogP contribution < -0.4 is 24.8 Å². The van der Waals surface area contributed by atoms with Crippen molar-refractivity contribution in [2.75, 3.05) is 0 Å². The third kappa shape index (κ3) is 16.1. The molecule has 0 heterocycles. The average molecular weight is 1080 g/mol. The molecule has 0 saturated heterocycles. The van der Waals surface area contributed by atoms with Gasteiger partial charge in [-0.25, -0.2) is 12.2 Å². The zero-order valence-electron chi connectivity index (χ0n) is 44.4. The molecule has 4 aliphatic carbocycles. The minimum absolute atomic E-state index is 0. The smallest absolute Gasteiger partial charge is 1.00 e. The van der Waals surface area contributed by atoms with Crippen molar-refractivity contribution in [1.29, 1.82) is 0 Å². The van der Waals surface area contributed by atoms with Crippen LogP contribution >= 0.6 is 0 Å². The molecule has 352 valence electrons. The van der Waals surface area contributed by atoms with E-state index in [2.05, 4.69) is 248 Å². The molecule has 0 aromatic heterocycles. The number of hydrogen-bond donors (Lipinski definition) is 0. The number of rotatable bonds is 0. The van der Waals surface area contributed by atoms with Crippen LogP contribution in [0.15, 0.2) is 96.1 Å². The van der Waals surface area contributed by atoms with Crippen molar-refractivity contribution in [2.45, 2.75) is 173 Å². The monoisotopic (exact) mass is 1070 g/mol. The Kier molecular flexibility index (Phi) is 22.1. The van der Waals surface area contributed by atoms with Crippen LogP contribution in [0.5, 0.6) is 0 Å². The average Bonchev–Trinajstić information content (AvgIpc) is 3.94. The molecule has 0 nitrogen and oxygen atoms in total. The largest absolute Gasteiger partial charge is 2.00 e. The van der Waals surface area contributed by atoms with Crippen LogP contribution in [0.1, 0.15) is 183 Å². The predicted octanol–water partition coefficient (Wildman–Crippen LogP) is 11.2. The van der Waals surface area contributed by atoms with Crippen molar-refractivity contribution in [3.05, 3.63) is 165 Å². The third-order valence-electron chi connectivity index (χ3n) is 12.5. The molecule has 4 aliphatic rings. The summed E-state index contributed by atoms with van der Waals surface area (Å²) in [7, 11) is 0. The number of halogens is 2. The molecule has 0 saturated carbocycles. The molecule has 4 aromatic rings. The van der Waals surface area contributed by atoms with Crippen molar-refractivity contribution in [1.82, 2.24) is 0 Å². The minimum Gasteiger partial charge on any atom is -1.00 e. The second-order valence-electron chi connectivity index (χ2n) is 24.6. The van der Waals surface area contributed by atoms with Crippen molar-refractivity contribution < 1.29 is 77.2 Å². The summed E-state index contributed by atoms with van der Waals surface area (Å²) >= 11 is 0. The van der Waals surface area contributed by atoms with E-state index in [0.29, 0.717) is 22.7 Å². The summed E-state index contributed by atoms with van der Waals surface area (Å²) in [5.41, 5.74) is 20.8. The second kappa shape index (κ2) is 23.4. The van der Waals surface area contributed by atoms with Gasteiger partial charge in [-0.05, 0) is 56.8 Å². The van der Waals surface area contributed by atoms with E-state index < -0.39 is 0 Å². The molecule has 0 bridgehead atoms. The van der Waals surface area contributed by atoms with Crippen LogP contribution in [-0.4, -0.2) is 0 Å². The first-order valence-electron chi connectivity index (χ1n) is 23.3. The van der Waals surface area contributed by atoms with Crippen LogP contribution in [0.25, 0.3) is 22.3 Å². The van der Waals surface area contributed by atoms with Crippen molar-refractivity contribution in [3.63, 3.8) is 0 Å². The Labute approximate surface area is 456 Å². The molecule has 2 atom stereocenters. The quantitative estimate of drug-likeness (QED) is 0.133. The first-order chi connectivity index (χ1) is 28.3. The summed E-state index contributed by atoms with van der Waals surface area (Å²) in [6.07, 6.45) is 17.4. The van der Waals surface area contributed by atoms with Crippen molar-refractivity contribution >= 4 is 0 Å². The second-order valence-corrected chi connectivity index (χ2v) is 24.6. The van der Waals surface area contributed by atoms with E-state index >= 15 is 0 Å². The van der Waals surface area contributed by atoms with Crippen molar-refractivity contribution in [3.8, 4) is 22.3 Å². The zero-order chi connectivity index (χ0) is 46.4. The Hall–Kier alpha value is -1.81. The number of benzene rings is 4. The van der Waals surface area contributed by atoms with Crippen molar-refractivity contribution in [2.24, 2.45) is 22.7 Å². The maximum absolute atomic E-state index is 3.67. The molecule has 0 radical (unpaired) electrons. The SMILES string of the molecule is CC(C)(C)c1[c-]c2c(cc1)-c1ccc(C(C)(C)C)cc1C2.CC(C)(C)c1[c-]c2c(cc1)-c1ccc(C(C)(C)C)cc1C2.CC1[C-]=CC(C(C)(C)C)=C1.CC1[C-]=CC(C(C)(C)C)=C1.[Cl-].[Cl-].[Zr+2].[Zr+2]. The summed E-state index contributed by atoms with van der Waals surface area (Å²) < 4.78 is 0. The Bertz CT molecular complexity index is 2090. The van der Waals surface area contributed by atoms with Gasteiger partial charge in [-0.2, -0.15) is 70.8 Å². The molecule has 0 aliphatic heterocycles. The van der Waals surface area contributed by atoms with Gasteiger partial charge in [-0.15, -0.1) is 22.3 Å². The number of allylic oxidation sites excluding steroid dienone is 8. The van der Waals surface area contributed by atoms with Gasteiger partial charge in [0.1, 0.15) is 0 Å². The van der Waals surface area contributed by atoms with E-state index in [-0.39, 0.29) is 98.9 Å². The predicted molar refractivity (Wildman–Crippen MR) is 271 cm³/mol. The molecular weight excluding hydrogens is 998 g/mol. The summed E-state index contributed by atoms with van der Waals surface area (Å²) in [6, 6.07) is 30.3. The molecule has 4 aromatic carbocycles. The van der Waals surface area contributed by atoms with Gasteiger partial charge in [-0.3, -0.25) is 12.2 Å². The first-order valence-corrected chi connectivity index (χ1v) is 23.3. The molecule has 8 rings (SSSR count). The van der Waals surface area contributed by atoms with Gasteiger partial charge in [0.15, 0.2) is 0 Å². The maximum Gasteiger partial charge on any atom is 2.00 e.